The van der Waals surface area contributed by atoms with E-state index in [1.54, 1.807) is 6.92 Å². The fourth-order valence-electron chi connectivity index (χ4n) is 3.58. The third-order valence-electron chi connectivity index (χ3n) is 5.42. The van der Waals surface area contributed by atoms with Gasteiger partial charge < -0.3 is 15.3 Å². The van der Waals surface area contributed by atoms with E-state index in [1.807, 2.05) is 0 Å². The van der Waals surface area contributed by atoms with Crippen LogP contribution in [0.2, 0.25) is 0 Å². The zero-order chi connectivity index (χ0) is 27.6. The first-order chi connectivity index (χ1) is 18.1. The standard InChI is InChI=1S/C26H20N4O8/c1-14(8-10-19-21(33)27-25(37)29(23(19)35)15-4-2-6-17(31)12-15)9-11-20-22(34)28-26(38)30(24(20)36)16-5-3-7-18(32)13-16/h2-13,31-33H,1H3,(H,27,37)(H,28,34,38). The Morgan fingerprint density at radius 3 is 2.18 bits per heavy atom. The predicted molar refractivity (Wildman–Crippen MR) is 136 cm³/mol. The van der Waals surface area contributed by atoms with Crippen molar-refractivity contribution in [2.24, 2.45) is 0 Å². The average molecular weight is 516 g/mol. The molecule has 0 unspecified atom stereocenters. The Morgan fingerprint density at radius 2 is 1.53 bits per heavy atom. The molecule has 0 bridgehead atoms. The Balaban J connectivity index is 1.65. The fraction of sp³-hybridized carbons (Fsp3) is 0.0385. The number of amides is 4. The Morgan fingerprint density at radius 1 is 0.895 bits per heavy atom. The minimum Gasteiger partial charge on any atom is -0.508 e. The van der Waals surface area contributed by atoms with E-state index in [1.165, 1.54) is 72.8 Å². The molecule has 4 amide bonds. The zero-order valence-corrected chi connectivity index (χ0v) is 19.7. The van der Waals surface area contributed by atoms with Crippen molar-refractivity contribution in [1.29, 1.82) is 0 Å². The van der Waals surface area contributed by atoms with Crippen molar-refractivity contribution in [2.45, 2.75) is 6.92 Å². The van der Waals surface area contributed by atoms with Gasteiger partial charge in [-0.05, 0) is 43.3 Å². The van der Waals surface area contributed by atoms with E-state index in [9.17, 15) is 39.3 Å². The van der Waals surface area contributed by atoms with E-state index in [2.05, 4.69) is 10.3 Å². The smallest absolute Gasteiger partial charge is 0.335 e. The van der Waals surface area contributed by atoms with E-state index in [-0.39, 0.29) is 34.0 Å². The summed E-state index contributed by atoms with van der Waals surface area (Å²) in [4.78, 5) is 65.5. The molecule has 4 rings (SSSR count). The van der Waals surface area contributed by atoms with Gasteiger partial charge in [0, 0.05) is 12.1 Å². The van der Waals surface area contributed by atoms with Gasteiger partial charge in [-0.15, -0.1) is 0 Å². The molecule has 0 saturated carbocycles. The van der Waals surface area contributed by atoms with E-state index in [4.69, 9.17) is 0 Å². The van der Waals surface area contributed by atoms with Crippen LogP contribution in [0.1, 0.15) is 12.5 Å². The van der Waals surface area contributed by atoms with Gasteiger partial charge in [0.05, 0.1) is 11.4 Å². The number of nitrogens with one attached hydrogen (secondary N) is 2. The highest BCUT2D eigenvalue weighted by Crippen LogP contribution is 2.24. The zero-order valence-electron chi connectivity index (χ0n) is 19.7. The maximum atomic E-state index is 12.9. The summed E-state index contributed by atoms with van der Waals surface area (Å²) in [6, 6.07) is 9.85. The molecule has 2 aromatic carbocycles. The monoisotopic (exact) mass is 516 g/mol. The van der Waals surface area contributed by atoms with Gasteiger partial charge in [-0.3, -0.25) is 24.7 Å². The quantitative estimate of drug-likeness (QED) is 0.193. The predicted octanol–water partition coefficient (Wildman–Crippen LogP) is 1.81. The van der Waals surface area contributed by atoms with Gasteiger partial charge in [-0.2, -0.15) is 0 Å². The molecule has 1 saturated heterocycles. The van der Waals surface area contributed by atoms with Crippen molar-refractivity contribution in [1.82, 2.24) is 14.9 Å². The van der Waals surface area contributed by atoms with E-state index >= 15 is 0 Å². The Bertz CT molecular complexity index is 1690. The minimum absolute atomic E-state index is 0.0584. The van der Waals surface area contributed by atoms with Crippen LogP contribution in [0.5, 0.6) is 17.4 Å². The number of phenols is 2. The van der Waals surface area contributed by atoms with Crippen LogP contribution >= 0.6 is 0 Å². The number of aromatic nitrogens is 2. The number of aromatic hydroxyl groups is 3. The number of H-pyrrole nitrogens is 1. The summed E-state index contributed by atoms with van der Waals surface area (Å²) in [6.07, 6.45) is 5.16. The first-order valence-electron chi connectivity index (χ1n) is 11.0. The number of rotatable bonds is 5. The van der Waals surface area contributed by atoms with E-state index in [0.29, 0.717) is 10.5 Å². The van der Waals surface area contributed by atoms with Gasteiger partial charge in [0.15, 0.2) is 0 Å². The number of hydrogen-bond donors (Lipinski definition) is 5. The largest absolute Gasteiger partial charge is 0.508 e. The highest BCUT2D eigenvalue weighted by Gasteiger charge is 2.36. The molecule has 1 aromatic heterocycles. The number of nitrogens with zero attached hydrogens (tertiary/aromatic N) is 2. The van der Waals surface area contributed by atoms with Crippen LogP contribution in [0, 0.1) is 0 Å². The first kappa shape index (κ1) is 25.4. The lowest BCUT2D eigenvalue weighted by molar-refractivity contribution is -0.122. The van der Waals surface area contributed by atoms with Gasteiger partial charge in [-0.25, -0.2) is 19.1 Å². The molecule has 0 atom stereocenters. The molecule has 1 aliphatic heterocycles. The number of urea groups is 1. The maximum absolute atomic E-state index is 12.9. The van der Waals surface area contributed by atoms with Crippen LogP contribution in [0.15, 0.2) is 87.5 Å². The summed E-state index contributed by atoms with van der Waals surface area (Å²) < 4.78 is 0.734. The minimum atomic E-state index is -0.972. The molecule has 0 spiro atoms. The lowest BCUT2D eigenvalue weighted by atomic mass is 10.1. The molecule has 192 valence electrons. The second-order valence-corrected chi connectivity index (χ2v) is 8.10. The molecule has 12 heteroatoms. The molecule has 12 nitrogen and oxygen atoms in total. The maximum Gasteiger partial charge on any atom is 0.335 e. The van der Waals surface area contributed by atoms with Crippen LogP contribution < -0.4 is 21.5 Å². The summed E-state index contributed by atoms with van der Waals surface area (Å²) in [6.45, 7) is 1.58. The highest BCUT2D eigenvalue weighted by molar-refractivity contribution is 6.37. The molecule has 3 aromatic rings. The molecule has 1 aliphatic rings. The topological polar surface area (TPSA) is 182 Å². The van der Waals surface area contributed by atoms with Crippen molar-refractivity contribution in [3.63, 3.8) is 0 Å². The van der Waals surface area contributed by atoms with Crippen molar-refractivity contribution in [3.8, 4) is 23.1 Å². The number of imide groups is 2. The summed E-state index contributed by atoms with van der Waals surface area (Å²) in [7, 11) is 0. The van der Waals surface area contributed by atoms with E-state index in [0.717, 1.165) is 4.57 Å². The number of carbonyl (C=O) groups excluding carboxylic acids is 3. The highest BCUT2D eigenvalue weighted by atomic mass is 16.3. The number of allylic oxidation sites excluding steroid dienone is 4. The van der Waals surface area contributed by atoms with Crippen molar-refractivity contribution in [3.05, 3.63) is 104 Å². The van der Waals surface area contributed by atoms with Crippen LogP contribution in [0.3, 0.4) is 0 Å². The Hall–Kier alpha value is -5.65. The number of benzene rings is 2. The van der Waals surface area contributed by atoms with Crippen LogP contribution in [-0.2, 0) is 9.59 Å². The number of hydrogen-bond acceptors (Lipinski definition) is 8. The van der Waals surface area contributed by atoms with Gasteiger partial charge in [0.1, 0.15) is 22.6 Å². The summed E-state index contributed by atoms with van der Waals surface area (Å²) in [5.74, 6) is -2.86. The third-order valence-corrected chi connectivity index (χ3v) is 5.42. The Kier molecular flexibility index (Phi) is 6.79. The number of phenolic OH excluding ortho intramolecular Hbond substituents is 2. The summed E-state index contributed by atoms with van der Waals surface area (Å²) >= 11 is 0. The number of aromatic amines is 1. The van der Waals surface area contributed by atoms with Crippen LogP contribution in [0.25, 0.3) is 11.8 Å². The normalized spacial score (nSPS) is 15.4. The van der Waals surface area contributed by atoms with Crippen molar-refractivity contribution >= 4 is 29.6 Å². The third kappa shape index (κ3) is 4.99. The van der Waals surface area contributed by atoms with Gasteiger partial charge in [0.25, 0.3) is 17.4 Å². The molecule has 0 radical (unpaired) electrons. The van der Waals surface area contributed by atoms with Crippen LogP contribution in [0.4, 0.5) is 10.5 Å². The first-order valence-corrected chi connectivity index (χ1v) is 11.0. The second kappa shape index (κ2) is 10.1. The van der Waals surface area contributed by atoms with Crippen LogP contribution in [-0.4, -0.2) is 42.7 Å². The molecule has 38 heavy (non-hydrogen) atoms. The second-order valence-electron chi connectivity index (χ2n) is 8.10. The molecule has 5 N–H and O–H groups in total. The molecular weight excluding hydrogens is 496 g/mol. The van der Waals surface area contributed by atoms with Gasteiger partial charge in [0.2, 0.25) is 5.88 Å². The van der Waals surface area contributed by atoms with Crippen molar-refractivity contribution in [2.75, 3.05) is 4.90 Å². The SMILES string of the molecule is CC(C=Cc1c(O)[nH]c(=O)n(-c2cccc(O)c2)c1=O)=CC=C1C(=O)NC(=O)N(c2cccc(O)c2)C1=O. The fourth-order valence-corrected chi connectivity index (χ4v) is 3.58. The lowest BCUT2D eigenvalue weighted by Crippen LogP contribution is -2.54. The number of carbonyl (C=O) groups is 3. The summed E-state index contributed by atoms with van der Waals surface area (Å²) in [5, 5.41) is 31.5. The lowest BCUT2D eigenvalue weighted by Gasteiger charge is -2.26. The number of barbiturate groups is 1. The summed E-state index contributed by atoms with van der Waals surface area (Å²) in [5.41, 5.74) is -1.84. The molecule has 2 heterocycles. The molecule has 0 aliphatic carbocycles. The van der Waals surface area contributed by atoms with Gasteiger partial charge >= 0.3 is 11.7 Å². The Labute approximate surface area is 213 Å². The molecule has 1 fully saturated rings. The average Bonchev–Trinajstić information content (AvgIpc) is 2.83. The van der Waals surface area contributed by atoms with E-state index < -0.39 is 35.0 Å². The molecular formula is C26H20N4O8. The number of anilines is 1. The van der Waals surface area contributed by atoms with Gasteiger partial charge in [-0.1, -0.05) is 29.9 Å². The van der Waals surface area contributed by atoms with Crippen molar-refractivity contribution < 1.29 is 29.7 Å².